The summed E-state index contributed by atoms with van der Waals surface area (Å²) >= 11 is 1.63. The van der Waals surface area contributed by atoms with Gasteiger partial charge in [0.05, 0.1) is 24.2 Å². The smallest absolute Gasteiger partial charge is 0.264 e. The Hall–Kier alpha value is -3.04. The van der Waals surface area contributed by atoms with Crippen LogP contribution in [-0.4, -0.2) is 52.9 Å². The van der Waals surface area contributed by atoms with E-state index in [2.05, 4.69) is 18.7 Å². The Morgan fingerprint density at radius 3 is 2.71 bits per heavy atom. The molecule has 0 N–H and O–H groups in total. The maximum absolute atomic E-state index is 13.8. The third-order valence-corrected chi connectivity index (χ3v) is 8.27. The number of hydrogen-bond acceptors (Lipinski definition) is 7. The quantitative estimate of drug-likeness (QED) is 0.468. The van der Waals surface area contributed by atoms with Gasteiger partial charge in [0.1, 0.15) is 16.4 Å². The molecule has 0 spiro atoms. The van der Waals surface area contributed by atoms with E-state index in [0.29, 0.717) is 34.8 Å². The largest absolute Gasteiger partial charge is 0.482 e. The predicted molar refractivity (Wildman–Crippen MR) is 137 cm³/mol. The average Bonchev–Trinajstić information content (AvgIpc) is 3.25. The van der Waals surface area contributed by atoms with E-state index >= 15 is 0 Å². The molecule has 0 saturated heterocycles. The highest BCUT2D eigenvalue weighted by Gasteiger charge is 2.26. The second-order valence-electron chi connectivity index (χ2n) is 9.12. The van der Waals surface area contributed by atoms with Gasteiger partial charge in [0, 0.05) is 17.5 Å². The van der Waals surface area contributed by atoms with Crippen LogP contribution in [0.1, 0.15) is 53.3 Å². The number of likely N-dealkylation sites (N-methyl/N-ethyl adjacent to an activating group) is 1. The Balaban J connectivity index is 1.57. The van der Waals surface area contributed by atoms with Crippen LogP contribution < -0.4 is 15.2 Å². The molecule has 3 heterocycles. The molecule has 3 aromatic rings. The number of amides is 1. The van der Waals surface area contributed by atoms with E-state index in [-0.39, 0.29) is 30.4 Å². The van der Waals surface area contributed by atoms with Crippen molar-refractivity contribution in [2.75, 3.05) is 31.6 Å². The van der Waals surface area contributed by atoms with Crippen molar-refractivity contribution in [3.05, 3.63) is 50.4 Å². The molecule has 0 fully saturated rings. The van der Waals surface area contributed by atoms with Gasteiger partial charge in [-0.2, -0.15) is 0 Å². The second-order valence-corrected chi connectivity index (χ2v) is 10.2. The zero-order chi connectivity index (χ0) is 24.7. The lowest BCUT2D eigenvalue weighted by Crippen LogP contribution is -2.35. The molecule has 35 heavy (non-hydrogen) atoms. The first-order chi connectivity index (χ1) is 16.9. The van der Waals surface area contributed by atoms with Gasteiger partial charge >= 0.3 is 0 Å². The Morgan fingerprint density at radius 1 is 1.17 bits per heavy atom. The first-order valence-corrected chi connectivity index (χ1v) is 13.1. The fraction of sp³-hybridized carbons (Fsp3) is 0.462. The van der Waals surface area contributed by atoms with E-state index in [1.807, 2.05) is 0 Å². The van der Waals surface area contributed by atoms with Crippen LogP contribution in [0.3, 0.4) is 0 Å². The van der Waals surface area contributed by atoms with Crippen LogP contribution >= 0.6 is 11.3 Å². The SMILES string of the molecule is CCN(CC)Cc1nc2sc3c(c2c(=O)n1CC(=O)c1ccc2c(c1)N(C)C(=O)CO2)CCCC3. The number of Topliss-reactive ketones (excluding diaryl/α,β-unsaturated/α-hetero) is 1. The first-order valence-electron chi connectivity index (χ1n) is 12.2. The molecule has 0 unspecified atom stereocenters. The summed E-state index contributed by atoms with van der Waals surface area (Å²) in [6, 6.07) is 5.07. The molecule has 5 rings (SSSR count). The maximum Gasteiger partial charge on any atom is 0.264 e. The molecule has 1 aliphatic heterocycles. The number of carbonyl (C=O) groups excluding carboxylic acids is 2. The van der Waals surface area contributed by atoms with Crippen molar-refractivity contribution in [1.29, 1.82) is 0 Å². The van der Waals surface area contributed by atoms with Crippen molar-refractivity contribution in [3.63, 3.8) is 0 Å². The van der Waals surface area contributed by atoms with Gasteiger partial charge in [-0.05, 0) is 62.5 Å². The highest BCUT2D eigenvalue weighted by molar-refractivity contribution is 7.18. The second kappa shape index (κ2) is 9.54. The normalized spacial score (nSPS) is 15.3. The van der Waals surface area contributed by atoms with E-state index in [4.69, 9.17) is 9.72 Å². The van der Waals surface area contributed by atoms with Crippen LogP contribution in [0.15, 0.2) is 23.0 Å². The van der Waals surface area contributed by atoms with Gasteiger partial charge in [0.15, 0.2) is 12.4 Å². The van der Waals surface area contributed by atoms with Crippen molar-refractivity contribution in [1.82, 2.24) is 14.5 Å². The number of nitrogens with zero attached hydrogens (tertiary/aromatic N) is 4. The number of anilines is 1. The summed E-state index contributed by atoms with van der Waals surface area (Å²) in [5.41, 5.74) is 1.99. The van der Waals surface area contributed by atoms with Crippen LogP contribution in [0.2, 0.25) is 0 Å². The van der Waals surface area contributed by atoms with Crippen LogP contribution in [0.5, 0.6) is 5.75 Å². The van der Waals surface area contributed by atoms with E-state index < -0.39 is 0 Å². The lowest BCUT2D eigenvalue weighted by molar-refractivity contribution is -0.120. The van der Waals surface area contributed by atoms with Gasteiger partial charge in [-0.25, -0.2) is 4.98 Å². The number of ether oxygens (including phenoxy) is 1. The van der Waals surface area contributed by atoms with E-state index in [0.717, 1.165) is 49.2 Å². The first kappa shape index (κ1) is 23.7. The van der Waals surface area contributed by atoms with Crippen LogP contribution in [0, 0.1) is 0 Å². The number of benzene rings is 1. The fourth-order valence-corrected chi connectivity index (χ4v) is 6.16. The lowest BCUT2D eigenvalue weighted by Gasteiger charge is -2.26. The summed E-state index contributed by atoms with van der Waals surface area (Å²) in [5.74, 6) is 0.812. The van der Waals surface area contributed by atoms with Gasteiger partial charge in [0.2, 0.25) is 0 Å². The fourth-order valence-electron chi connectivity index (χ4n) is 4.89. The minimum absolute atomic E-state index is 0.0163. The molecule has 0 saturated carbocycles. The number of thiophene rings is 1. The number of hydrogen-bond donors (Lipinski definition) is 0. The highest BCUT2D eigenvalue weighted by atomic mass is 32.1. The number of ketones is 1. The van der Waals surface area contributed by atoms with E-state index in [1.165, 1.54) is 9.78 Å². The van der Waals surface area contributed by atoms with Gasteiger partial charge < -0.3 is 9.64 Å². The molecule has 1 aliphatic carbocycles. The molecule has 9 heteroatoms. The molecule has 0 bridgehead atoms. The molecule has 1 amide bonds. The zero-order valence-electron chi connectivity index (χ0n) is 20.4. The van der Waals surface area contributed by atoms with Crippen LogP contribution in [0.25, 0.3) is 10.2 Å². The molecule has 184 valence electrons. The van der Waals surface area contributed by atoms with E-state index in [9.17, 15) is 14.4 Å². The summed E-state index contributed by atoms with van der Waals surface area (Å²) in [6.45, 7) is 6.19. The lowest BCUT2D eigenvalue weighted by atomic mass is 9.97. The number of fused-ring (bicyclic) bond motifs is 4. The summed E-state index contributed by atoms with van der Waals surface area (Å²) in [6.07, 6.45) is 4.09. The topological polar surface area (TPSA) is 84.7 Å². The van der Waals surface area contributed by atoms with Gasteiger partial charge in [0.25, 0.3) is 11.5 Å². The Labute approximate surface area is 208 Å². The third kappa shape index (κ3) is 4.27. The molecule has 0 radical (unpaired) electrons. The van der Waals surface area contributed by atoms with Gasteiger partial charge in [-0.15, -0.1) is 11.3 Å². The van der Waals surface area contributed by atoms with Crippen molar-refractivity contribution in [3.8, 4) is 5.75 Å². The minimum atomic E-state index is -0.202. The average molecular weight is 495 g/mol. The minimum Gasteiger partial charge on any atom is -0.482 e. The third-order valence-electron chi connectivity index (χ3n) is 7.08. The van der Waals surface area contributed by atoms with Crippen molar-refractivity contribution < 1.29 is 14.3 Å². The van der Waals surface area contributed by atoms with Crippen LogP contribution in [0.4, 0.5) is 5.69 Å². The Morgan fingerprint density at radius 2 is 1.94 bits per heavy atom. The van der Waals surface area contributed by atoms with Crippen LogP contribution in [-0.2, 0) is 30.7 Å². The number of aryl methyl sites for hydroxylation is 2. The Bertz CT molecular complexity index is 1370. The summed E-state index contributed by atoms with van der Waals surface area (Å²) in [4.78, 5) is 50.0. The summed E-state index contributed by atoms with van der Waals surface area (Å²) in [7, 11) is 1.67. The maximum atomic E-state index is 13.8. The van der Waals surface area contributed by atoms with Gasteiger partial charge in [-0.1, -0.05) is 13.8 Å². The highest BCUT2D eigenvalue weighted by Crippen LogP contribution is 2.34. The monoisotopic (exact) mass is 494 g/mol. The molecule has 1 aromatic carbocycles. The number of aromatic nitrogens is 2. The predicted octanol–water partition coefficient (Wildman–Crippen LogP) is 3.42. The van der Waals surface area contributed by atoms with Crippen molar-refractivity contribution >= 4 is 38.9 Å². The van der Waals surface area contributed by atoms with Crippen molar-refractivity contribution in [2.24, 2.45) is 0 Å². The summed E-state index contributed by atoms with van der Waals surface area (Å²) < 4.78 is 7.05. The number of carbonyl (C=O) groups is 2. The standard InChI is InChI=1S/C26H30N4O4S/c1-4-29(5-2)14-22-27-25-24(17-8-6-7-9-21(17)35-25)26(33)30(22)13-19(31)16-10-11-20-18(12-16)28(3)23(32)15-34-20/h10-12H,4-9,13-15H2,1-3H3. The van der Waals surface area contributed by atoms with E-state index in [1.54, 1.807) is 41.2 Å². The molecule has 2 aromatic heterocycles. The zero-order valence-corrected chi connectivity index (χ0v) is 21.2. The molecule has 0 atom stereocenters. The molecule has 2 aliphatic rings. The summed E-state index contributed by atoms with van der Waals surface area (Å²) in [5, 5.41) is 0.685. The number of rotatable bonds is 7. The van der Waals surface area contributed by atoms with Crippen molar-refractivity contribution in [2.45, 2.75) is 52.6 Å². The molecular formula is C26H30N4O4S. The molecular weight excluding hydrogens is 464 g/mol. The van der Waals surface area contributed by atoms with Gasteiger partial charge in [-0.3, -0.25) is 23.9 Å². The Kier molecular flexibility index (Phi) is 6.46. The molecule has 8 nitrogen and oxygen atoms in total.